The third-order valence-electron chi connectivity index (χ3n) is 5.92. The van der Waals surface area contributed by atoms with Gasteiger partial charge in [0.2, 0.25) is 5.91 Å². The Labute approximate surface area is 171 Å². The number of aryl methyl sites for hydroxylation is 1. The Balaban J connectivity index is 1.26. The number of nitrogens with zero attached hydrogens (tertiary/aromatic N) is 2. The lowest BCUT2D eigenvalue weighted by Crippen LogP contribution is -2.28. The zero-order valence-electron chi connectivity index (χ0n) is 17.1. The van der Waals surface area contributed by atoms with E-state index >= 15 is 0 Å². The molecule has 2 aliphatic rings. The van der Waals surface area contributed by atoms with E-state index < -0.39 is 0 Å². The molecule has 0 bridgehead atoms. The Bertz CT molecular complexity index is 898. The lowest BCUT2D eigenvalue weighted by Gasteiger charge is -2.21. The summed E-state index contributed by atoms with van der Waals surface area (Å²) in [5.41, 5.74) is 0.734. The highest BCUT2D eigenvalue weighted by atomic mass is 16.5. The SMILES string of the molecule is O=C(CCc1nc2ccccc2c(=O)n1C1CC1)NCCCOC1CCCCC1. The van der Waals surface area contributed by atoms with Crippen LogP contribution in [-0.2, 0) is 16.0 Å². The molecule has 1 N–H and O–H groups in total. The third-order valence-corrected chi connectivity index (χ3v) is 5.92. The first-order chi connectivity index (χ1) is 14.2. The van der Waals surface area contributed by atoms with E-state index in [0.29, 0.717) is 43.0 Å². The topological polar surface area (TPSA) is 73.2 Å². The summed E-state index contributed by atoms with van der Waals surface area (Å²) in [6.07, 6.45) is 10.3. The van der Waals surface area contributed by atoms with E-state index in [2.05, 4.69) is 5.32 Å². The lowest BCUT2D eigenvalue weighted by atomic mass is 9.98. The average molecular weight is 398 g/mol. The van der Waals surface area contributed by atoms with Crippen molar-refractivity contribution in [2.75, 3.05) is 13.2 Å². The predicted octanol–water partition coefficient (Wildman–Crippen LogP) is 3.52. The van der Waals surface area contributed by atoms with Crippen LogP contribution in [0, 0.1) is 0 Å². The minimum Gasteiger partial charge on any atom is -0.378 e. The molecule has 6 heteroatoms. The lowest BCUT2D eigenvalue weighted by molar-refractivity contribution is -0.121. The molecule has 0 atom stereocenters. The number of para-hydroxylation sites is 1. The zero-order valence-corrected chi connectivity index (χ0v) is 17.1. The third kappa shape index (κ3) is 5.24. The van der Waals surface area contributed by atoms with E-state index in [-0.39, 0.29) is 17.5 Å². The van der Waals surface area contributed by atoms with Crippen LogP contribution >= 0.6 is 0 Å². The highest BCUT2D eigenvalue weighted by molar-refractivity contribution is 5.78. The van der Waals surface area contributed by atoms with Crippen LogP contribution in [0.2, 0.25) is 0 Å². The molecule has 0 saturated heterocycles. The second-order valence-corrected chi connectivity index (χ2v) is 8.29. The van der Waals surface area contributed by atoms with Crippen molar-refractivity contribution < 1.29 is 9.53 Å². The molecule has 0 spiro atoms. The van der Waals surface area contributed by atoms with E-state index in [1.807, 2.05) is 28.8 Å². The van der Waals surface area contributed by atoms with Gasteiger partial charge in [-0.3, -0.25) is 14.2 Å². The monoisotopic (exact) mass is 397 g/mol. The largest absolute Gasteiger partial charge is 0.378 e. The van der Waals surface area contributed by atoms with E-state index in [9.17, 15) is 9.59 Å². The summed E-state index contributed by atoms with van der Waals surface area (Å²) in [5.74, 6) is 0.736. The van der Waals surface area contributed by atoms with Crippen molar-refractivity contribution in [2.24, 2.45) is 0 Å². The zero-order chi connectivity index (χ0) is 20.1. The highest BCUT2D eigenvalue weighted by Crippen LogP contribution is 2.34. The Morgan fingerprint density at radius 3 is 2.72 bits per heavy atom. The van der Waals surface area contributed by atoms with Gasteiger partial charge in [-0.15, -0.1) is 0 Å². The first-order valence-corrected chi connectivity index (χ1v) is 11.1. The van der Waals surface area contributed by atoms with Crippen LogP contribution < -0.4 is 10.9 Å². The van der Waals surface area contributed by atoms with E-state index in [1.165, 1.54) is 32.1 Å². The summed E-state index contributed by atoms with van der Waals surface area (Å²) < 4.78 is 7.71. The number of nitrogens with one attached hydrogen (secondary N) is 1. The Morgan fingerprint density at radius 1 is 1.14 bits per heavy atom. The van der Waals surface area contributed by atoms with Crippen LogP contribution in [0.15, 0.2) is 29.1 Å². The van der Waals surface area contributed by atoms with Gasteiger partial charge < -0.3 is 10.1 Å². The first-order valence-electron chi connectivity index (χ1n) is 11.1. The molecule has 29 heavy (non-hydrogen) atoms. The molecule has 1 heterocycles. The van der Waals surface area contributed by atoms with Crippen molar-refractivity contribution in [2.45, 2.75) is 76.4 Å². The second kappa shape index (κ2) is 9.53. The fourth-order valence-corrected chi connectivity index (χ4v) is 4.17. The molecule has 2 fully saturated rings. The molecule has 2 saturated carbocycles. The van der Waals surface area contributed by atoms with Crippen molar-refractivity contribution in [3.63, 3.8) is 0 Å². The van der Waals surface area contributed by atoms with Crippen LogP contribution in [0.4, 0.5) is 0 Å². The van der Waals surface area contributed by atoms with Gasteiger partial charge in [0.1, 0.15) is 5.82 Å². The molecule has 0 unspecified atom stereocenters. The van der Waals surface area contributed by atoms with E-state index in [4.69, 9.17) is 9.72 Å². The summed E-state index contributed by atoms with van der Waals surface area (Å²) in [6, 6.07) is 7.70. The standard InChI is InChI=1S/C23H31N3O3/c27-22(24-15-6-16-29-18-7-2-1-3-8-18)14-13-21-25-20-10-5-4-9-19(20)23(28)26(21)17-11-12-17/h4-5,9-10,17-18H,1-3,6-8,11-16H2,(H,24,27). The molecule has 2 aliphatic carbocycles. The van der Waals surface area contributed by atoms with Gasteiger partial charge >= 0.3 is 0 Å². The fraction of sp³-hybridized carbons (Fsp3) is 0.609. The molecular formula is C23H31N3O3. The van der Waals surface area contributed by atoms with Crippen LogP contribution in [0.25, 0.3) is 10.9 Å². The van der Waals surface area contributed by atoms with Crippen molar-refractivity contribution in [3.8, 4) is 0 Å². The first kappa shape index (κ1) is 20.1. The second-order valence-electron chi connectivity index (χ2n) is 8.29. The molecule has 0 aliphatic heterocycles. The van der Waals surface area contributed by atoms with Gasteiger partial charge in [-0.05, 0) is 44.2 Å². The van der Waals surface area contributed by atoms with E-state index in [0.717, 1.165) is 25.1 Å². The van der Waals surface area contributed by atoms with E-state index in [1.54, 1.807) is 0 Å². The number of fused-ring (bicyclic) bond motifs is 1. The number of carbonyl (C=O) groups excluding carboxylic acids is 1. The number of amides is 1. The van der Waals surface area contributed by atoms with Crippen molar-refractivity contribution in [1.82, 2.24) is 14.9 Å². The normalized spacial score (nSPS) is 17.5. The van der Waals surface area contributed by atoms with Crippen LogP contribution in [-0.4, -0.2) is 34.7 Å². The predicted molar refractivity (Wildman–Crippen MR) is 113 cm³/mol. The van der Waals surface area contributed by atoms with Gasteiger partial charge in [-0.1, -0.05) is 31.4 Å². The number of rotatable bonds is 9. The summed E-state index contributed by atoms with van der Waals surface area (Å²) >= 11 is 0. The highest BCUT2D eigenvalue weighted by Gasteiger charge is 2.28. The molecule has 4 rings (SSSR count). The average Bonchev–Trinajstić information content (AvgIpc) is 3.58. The minimum atomic E-state index is 0.00687. The molecule has 156 valence electrons. The molecule has 2 aromatic rings. The maximum absolute atomic E-state index is 12.9. The molecule has 1 aromatic carbocycles. The summed E-state index contributed by atoms with van der Waals surface area (Å²) in [6.45, 7) is 1.34. The molecular weight excluding hydrogens is 366 g/mol. The summed E-state index contributed by atoms with van der Waals surface area (Å²) in [4.78, 5) is 29.8. The summed E-state index contributed by atoms with van der Waals surface area (Å²) in [5, 5.41) is 3.63. The molecule has 0 radical (unpaired) electrons. The van der Waals surface area contributed by atoms with Crippen molar-refractivity contribution >= 4 is 16.8 Å². The number of hydrogen-bond donors (Lipinski definition) is 1. The molecule has 1 amide bonds. The van der Waals surface area contributed by atoms with Gasteiger partial charge in [0, 0.05) is 32.0 Å². The Morgan fingerprint density at radius 2 is 1.93 bits per heavy atom. The maximum atomic E-state index is 12.9. The Kier molecular flexibility index (Phi) is 6.60. The van der Waals surface area contributed by atoms with Crippen molar-refractivity contribution in [1.29, 1.82) is 0 Å². The van der Waals surface area contributed by atoms with Gasteiger partial charge in [-0.25, -0.2) is 4.98 Å². The number of carbonyl (C=O) groups is 1. The maximum Gasteiger partial charge on any atom is 0.261 e. The number of ether oxygens (including phenoxy) is 1. The van der Waals surface area contributed by atoms with Gasteiger partial charge in [0.05, 0.1) is 17.0 Å². The number of benzene rings is 1. The number of aromatic nitrogens is 2. The smallest absolute Gasteiger partial charge is 0.261 e. The molecule has 6 nitrogen and oxygen atoms in total. The fourth-order valence-electron chi connectivity index (χ4n) is 4.17. The van der Waals surface area contributed by atoms with Crippen LogP contribution in [0.3, 0.4) is 0 Å². The van der Waals surface area contributed by atoms with Gasteiger partial charge in [-0.2, -0.15) is 0 Å². The quantitative estimate of drug-likeness (QED) is 0.657. The number of hydrogen-bond acceptors (Lipinski definition) is 4. The van der Waals surface area contributed by atoms with Gasteiger partial charge in [0.25, 0.3) is 5.56 Å². The Hall–Kier alpha value is -2.21. The van der Waals surface area contributed by atoms with Crippen molar-refractivity contribution in [3.05, 3.63) is 40.4 Å². The summed E-state index contributed by atoms with van der Waals surface area (Å²) in [7, 11) is 0. The van der Waals surface area contributed by atoms with Crippen LogP contribution in [0.1, 0.15) is 69.7 Å². The minimum absolute atomic E-state index is 0.00687. The van der Waals surface area contributed by atoms with Crippen LogP contribution in [0.5, 0.6) is 0 Å². The molecule has 1 aromatic heterocycles. The van der Waals surface area contributed by atoms with Gasteiger partial charge in [0.15, 0.2) is 0 Å².